The molecule has 8 heteroatoms. The van der Waals surface area contributed by atoms with Gasteiger partial charge in [-0.25, -0.2) is 0 Å². The van der Waals surface area contributed by atoms with E-state index in [9.17, 15) is 5.26 Å². The summed E-state index contributed by atoms with van der Waals surface area (Å²) in [6.45, 7) is 7.70. The van der Waals surface area contributed by atoms with Crippen LogP contribution in [0.1, 0.15) is 56.2 Å². The third-order valence-corrected chi connectivity index (χ3v) is 6.60. The van der Waals surface area contributed by atoms with E-state index in [1.54, 1.807) is 12.1 Å². The largest absolute Gasteiger partial charge is 0.490 e. The summed E-state index contributed by atoms with van der Waals surface area (Å²) in [5.74, 6) is 1.43. The lowest BCUT2D eigenvalue weighted by molar-refractivity contribution is 0.102. The Balaban J connectivity index is 1.31. The topological polar surface area (TPSA) is 96.8 Å². The molecule has 0 N–H and O–H groups in total. The van der Waals surface area contributed by atoms with Crippen molar-refractivity contribution in [2.24, 2.45) is 5.16 Å². The summed E-state index contributed by atoms with van der Waals surface area (Å²) in [6.07, 6.45) is 5.54. The molecule has 0 spiro atoms. The van der Waals surface area contributed by atoms with Gasteiger partial charge >= 0.3 is 0 Å². The van der Waals surface area contributed by atoms with Crippen LogP contribution >= 0.6 is 0 Å². The van der Waals surface area contributed by atoms with Crippen LogP contribution in [0.2, 0.25) is 0 Å². The SMILES string of the molecule is CC(C)Oc1ccc(-c2nc(-c3cccc4c3CCC4=NOCCN3CCCCC3)no2)cc1C#N. The number of nitrogens with zero attached hydrogens (tertiary/aromatic N) is 5. The van der Waals surface area contributed by atoms with Crippen molar-refractivity contribution in [3.05, 3.63) is 53.1 Å². The highest BCUT2D eigenvalue weighted by Crippen LogP contribution is 2.33. The number of hydrogen-bond acceptors (Lipinski definition) is 8. The second kappa shape index (κ2) is 10.9. The van der Waals surface area contributed by atoms with E-state index in [2.05, 4.69) is 32.3 Å². The molecule has 5 rings (SSSR count). The number of ether oxygens (including phenoxy) is 1. The van der Waals surface area contributed by atoms with Crippen molar-refractivity contribution in [1.29, 1.82) is 5.26 Å². The Kier molecular flexibility index (Phi) is 7.28. The van der Waals surface area contributed by atoms with E-state index < -0.39 is 0 Å². The number of rotatable bonds is 8. The van der Waals surface area contributed by atoms with Gasteiger partial charge < -0.3 is 14.1 Å². The van der Waals surface area contributed by atoms with Crippen molar-refractivity contribution in [2.75, 3.05) is 26.2 Å². The third-order valence-electron chi connectivity index (χ3n) is 6.60. The maximum atomic E-state index is 9.54. The van der Waals surface area contributed by atoms with Crippen LogP contribution in [-0.2, 0) is 11.3 Å². The average molecular weight is 486 g/mol. The number of aromatic nitrogens is 2. The number of likely N-dealkylation sites (tertiary alicyclic amines) is 1. The van der Waals surface area contributed by atoms with Gasteiger partial charge in [0.15, 0.2) is 0 Å². The minimum absolute atomic E-state index is 0.0216. The van der Waals surface area contributed by atoms with Crippen LogP contribution in [-0.4, -0.2) is 53.1 Å². The Morgan fingerprint density at radius 1 is 1.11 bits per heavy atom. The molecular weight excluding hydrogens is 454 g/mol. The Morgan fingerprint density at radius 3 is 2.75 bits per heavy atom. The van der Waals surface area contributed by atoms with Crippen molar-refractivity contribution < 1.29 is 14.1 Å². The molecule has 1 fully saturated rings. The Hall–Kier alpha value is -3.70. The molecule has 1 aliphatic heterocycles. The lowest BCUT2D eigenvalue weighted by atomic mass is 10.0. The molecule has 0 atom stereocenters. The fraction of sp³-hybridized carbons (Fsp3) is 0.429. The first kappa shape index (κ1) is 24.0. The molecule has 0 amide bonds. The first-order chi connectivity index (χ1) is 17.6. The van der Waals surface area contributed by atoms with Crippen LogP contribution < -0.4 is 4.74 Å². The summed E-state index contributed by atoms with van der Waals surface area (Å²) in [6, 6.07) is 13.6. The molecule has 0 saturated carbocycles. The molecule has 2 aromatic carbocycles. The molecule has 3 aromatic rings. The zero-order valence-electron chi connectivity index (χ0n) is 20.9. The molecule has 186 valence electrons. The highest BCUT2D eigenvalue weighted by atomic mass is 16.6. The Bertz CT molecular complexity index is 1280. The Labute approximate surface area is 211 Å². The van der Waals surface area contributed by atoms with Crippen LogP contribution in [0, 0.1) is 11.3 Å². The van der Waals surface area contributed by atoms with Gasteiger partial charge in [0.2, 0.25) is 5.82 Å². The Morgan fingerprint density at radius 2 is 1.94 bits per heavy atom. The zero-order chi connectivity index (χ0) is 24.9. The molecular formula is C28H31N5O3. The average Bonchev–Trinajstić information content (AvgIpc) is 3.55. The van der Waals surface area contributed by atoms with Crippen LogP contribution in [0.25, 0.3) is 22.8 Å². The van der Waals surface area contributed by atoms with E-state index in [0.29, 0.717) is 35.2 Å². The first-order valence-electron chi connectivity index (χ1n) is 12.7. The van der Waals surface area contributed by atoms with Crippen LogP contribution in [0.5, 0.6) is 5.75 Å². The number of fused-ring (bicyclic) bond motifs is 1. The van der Waals surface area contributed by atoms with Gasteiger partial charge in [0.1, 0.15) is 18.4 Å². The van der Waals surface area contributed by atoms with Crippen molar-refractivity contribution >= 4 is 5.71 Å². The van der Waals surface area contributed by atoms with E-state index in [4.69, 9.17) is 14.1 Å². The normalized spacial score (nSPS) is 16.8. The van der Waals surface area contributed by atoms with Crippen molar-refractivity contribution in [3.63, 3.8) is 0 Å². The predicted octanol–water partition coefficient (Wildman–Crippen LogP) is 5.22. The number of hydrogen-bond donors (Lipinski definition) is 0. The monoisotopic (exact) mass is 485 g/mol. The second-order valence-corrected chi connectivity index (χ2v) is 9.52. The maximum absolute atomic E-state index is 9.54. The number of oxime groups is 1. The smallest absolute Gasteiger partial charge is 0.258 e. The lowest BCUT2D eigenvalue weighted by Crippen LogP contribution is -2.32. The van der Waals surface area contributed by atoms with Gasteiger partial charge in [0.05, 0.1) is 17.4 Å². The summed E-state index contributed by atoms with van der Waals surface area (Å²) in [7, 11) is 0. The molecule has 1 aromatic heterocycles. The van der Waals surface area contributed by atoms with Gasteiger partial charge in [-0.15, -0.1) is 0 Å². The maximum Gasteiger partial charge on any atom is 0.258 e. The van der Waals surface area contributed by atoms with Crippen molar-refractivity contribution in [1.82, 2.24) is 15.0 Å². The molecule has 1 aliphatic carbocycles. The molecule has 2 heterocycles. The van der Waals surface area contributed by atoms with E-state index in [0.717, 1.165) is 54.9 Å². The second-order valence-electron chi connectivity index (χ2n) is 9.52. The highest BCUT2D eigenvalue weighted by Gasteiger charge is 2.24. The fourth-order valence-corrected chi connectivity index (χ4v) is 4.84. The van der Waals surface area contributed by atoms with Gasteiger partial charge in [-0.1, -0.05) is 34.9 Å². The quantitative estimate of drug-likeness (QED) is 0.319. The number of piperidine rings is 1. The molecule has 0 radical (unpaired) electrons. The van der Waals surface area contributed by atoms with Gasteiger partial charge in [0.25, 0.3) is 5.89 Å². The predicted molar refractivity (Wildman–Crippen MR) is 137 cm³/mol. The van der Waals surface area contributed by atoms with E-state index in [-0.39, 0.29) is 6.10 Å². The van der Waals surface area contributed by atoms with Gasteiger partial charge in [-0.3, -0.25) is 4.90 Å². The standard InChI is InChI=1S/C28H31N5O3/c1-19(2)35-26-12-9-20(17-21(26)18-29)28-30-27(32-36-28)24-8-6-7-23-22(24)10-11-25(23)31-34-16-15-33-13-4-3-5-14-33/h6-9,12,17,19H,3-5,10-11,13-16H2,1-2H3. The van der Waals surface area contributed by atoms with E-state index in [1.807, 2.05) is 32.0 Å². The van der Waals surface area contributed by atoms with Gasteiger partial charge in [-0.2, -0.15) is 10.2 Å². The zero-order valence-corrected chi connectivity index (χ0v) is 20.9. The first-order valence-corrected chi connectivity index (χ1v) is 12.7. The minimum Gasteiger partial charge on any atom is -0.490 e. The highest BCUT2D eigenvalue weighted by molar-refractivity contribution is 6.05. The summed E-state index contributed by atoms with van der Waals surface area (Å²) in [5.41, 5.74) is 5.25. The summed E-state index contributed by atoms with van der Waals surface area (Å²) in [4.78, 5) is 12.8. The van der Waals surface area contributed by atoms with Crippen LogP contribution in [0.4, 0.5) is 0 Å². The minimum atomic E-state index is -0.0216. The van der Waals surface area contributed by atoms with Gasteiger partial charge in [-0.05, 0) is 76.4 Å². The number of benzene rings is 2. The van der Waals surface area contributed by atoms with Crippen molar-refractivity contribution in [3.8, 4) is 34.7 Å². The molecule has 0 bridgehead atoms. The molecule has 1 saturated heterocycles. The lowest BCUT2D eigenvalue weighted by Gasteiger charge is -2.25. The summed E-state index contributed by atoms with van der Waals surface area (Å²) >= 11 is 0. The van der Waals surface area contributed by atoms with E-state index in [1.165, 1.54) is 19.3 Å². The fourth-order valence-electron chi connectivity index (χ4n) is 4.84. The summed E-state index contributed by atoms with van der Waals surface area (Å²) in [5, 5.41) is 18.2. The number of nitriles is 1. The van der Waals surface area contributed by atoms with Crippen LogP contribution in [0.3, 0.4) is 0 Å². The molecule has 36 heavy (non-hydrogen) atoms. The molecule has 2 aliphatic rings. The van der Waals surface area contributed by atoms with E-state index >= 15 is 0 Å². The molecule has 8 nitrogen and oxygen atoms in total. The third kappa shape index (κ3) is 5.26. The molecule has 0 unspecified atom stereocenters. The van der Waals surface area contributed by atoms with Gasteiger partial charge in [0, 0.05) is 23.2 Å². The van der Waals surface area contributed by atoms with Crippen LogP contribution in [0.15, 0.2) is 46.1 Å². The van der Waals surface area contributed by atoms with Crippen molar-refractivity contribution in [2.45, 2.75) is 52.1 Å². The summed E-state index contributed by atoms with van der Waals surface area (Å²) < 4.78 is 11.3.